The van der Waals surface area contributed by atoms with E-state index in [2.05, 4.69) is 0 Å². The summed E-state index contributed by atoms with van der Waals surface area (Å²) in [5.74, 6) is -1.50. The average molecular weight is 446 g/mol. The largest absolute Gasteiger partial charge is 0.508 e. The van der Waals surface area contributed by atoms with E-state index in [0.717, 1.165) is 12.1 Å². The molecule has 10 heteroatoms. The molecule has 3 aromatic rings. The van der Waals surface area contributed by atoms with Crippen LogP contribution in [0.1, 0.15) is 13.3 Å². The van der Waals surface area contributed by atoms with Gasteiger partial charge in [-0.3, -0.25) is 4.79 Å². The first-order chi connectivity index (χ1) is 15.1. The summed E-state index contributed by atoms with van der Waals surface area (Å²) in [6, 6.07) is 7.69. The van der Waals surface area contributed by atoms with Crippen molar-refractivity contribution >= 4 is 11.0 Å². The number of aromatic hydroxyl groups is 3. The van der Waals surface area contributed by atoms with Crippen LogP contribution in [0.3, 0.4) is 0 Å². The molecule has 4 rings (SSSR count). The second-order valence-corrected chi connectivity index (χ2v) is 7.82. The van der Waals surface area contributed by atoms with Crippen LogP contribution < -0.4 is 10.2 Å². The lowest BCUT2D eigenvalue weighted by atomic mass is 9.88. The van der Waals surface area contributed by atoms with Crippen molar-refractivity contribution in [3.05, 3.63) is 46.6 Å². The third-order valence-corrected chi connectivity index (χ3v) is 5.37. The topological polar surface area (TPSA) is 170 Å². The van der Waals surface area contributed by atoms with Gasteiger partial charge in [-0.1, -0.05) is 0 Å². The lowest BCUT2D eigenvalue weighted by Gasteiger charge is -2.42. The summed E-state index contributed by atoms with van der Waals surface area (Å²) in [4.78, 5) is 13.3. The Balaban J connectivity index is 1.90. The van der Waals surface area contributed by atoms with E-state index >= 15 is 0 Å². The molecule has 0 spiro atoms. The fraction of sp³-hybridized carbons (Fsp3) is 0.318. The summed E-state index contributed by atoms with van der Waals surface area (Å²) in [6.07, 6.45) is -3.95. The molecule has 1 aliphatic heterocycles. The highest BCUT2D eigenvalue weighted by Crippen LogP contribution is 2.38. The molecule has 1 saturated heterocycles. The van der Waals surface area contributed by atoms with Crippen LogP contribution in [0.15, 0.2) is 45.6 Å². The Kier molecular flexibility index (Phi) is 5.47. The number of ether oxygens (including phenoxy) is 2. The Morgan fingerprint density at radius 2 is 1.81 bits per heavy atom. The Morgan fingerprint density at radius 3 is 2.47 bits per heavy atom. The fourth-order valence-corrected chi connectivity index (χ4v) is 3.77. The van der Waals surface area contributed by atoms with Crippen molar-refractivity contribution in [1.29, 1.82) is 0 Å². The lowest BCUT2D eigenvalue weighted by molar-refractivity contribution is -0.273. The minimum Gasteiger partial charge on any atom is -0.508 e. The Morgan fingerprint density at radius 1 is 1.12 bits per heavy atom. The highest BCUT2D eigenvalue weighted by Gasteiger charge is 2.48. The average Bonchev–Trinajstić information content (AvgIpc) is 2.73. The molecule has 1 fully saturated rings. The van der Waals surface area contributed by atoms with Gasteiger partial charge >= 0.3 is 0 Å². The van der Waals surface area contributed by atoms with E-state index in [1.165, 1.54) is 24.3 Å². The number of aliphatic hydroxyl groups is 3. The van der Waals surface area contributed by atoms with E-state index in [4.69, 9.17) is 13.9 Å². The summed E-state index contributed by atoms with van der Waals surface area (Å²) in [6.45, 7) is 0.834. The van der Waals surface area contributed by atoms with Crippen LogP contribution >= 0.6 is 0 Å². The van der Waals surface area contributed by atoms with Crippen LogP contribution in [0.4, 0.5) is 0 Å². The van der Waals surface area contributed by atoms with Gasteiger partial charge in [0.1, 0.15) is 39.9 Å². The maximum absolute atomic E-state index is 13.3. The molecular formula is C22H22O10. The summed E-state index contributed by atoms with van der Waals surface area (Å²) >= 11 is 0. The van der Waals surface area contributed by atoms with Gasteiger partial charge in [0.15, 0.2) is 5.76 Å². The molecule has 32 heavy (non-hydrogen) atoms. The molecule has 1 aliphatic rings. The standard InChI is InChI=1S/C22H22O10/c1-10-8-22(29,9-23)20(28)21(30-10)32-19-17(27)16-14(26)6-13(25)7-15(16)31-18(19)11-2-4-12(24)5-3-11/h2-7,10,20-21,23-26,28-29H,8-9H2,1H3. The highest BCUT2D eigenvalue weighted by molar-refractivity contribution is 5.88. The first kappa shape index (κ1) is 21.9. The van der Waals surface area contributed by atoms with Gasteiger partial charge in [-0.25, -0.2) is 0 Å². The zero-order chi connectivity index (χ0) is 23.2. The van der Waals surface area contributed by atoms with Crippen LogP contribution in [-0.4, -0.2) is 61.3 Å². The van der Waals surface area contributed by atoms with E-state index in [0.29, 0.717) is 5.56 Å². The van der Waals surface area contributed by atoms with Gasteiger partial charge in [0, 0.05) is 24.1 Å². The molecule has 0 bridgehead atoms. The molecule has 2 aromatic carbocycles. The molecule has 2 heterocycles. The van der Waals surface area contributed by atoms with Crippen LogP contribution in [-0.2, 0) is 4.74 Å². The molecule has 4 unspecified atom stereocenters. The van der Waals surface area contributed by atoms with Gasteiger partial charge in [0.25, 0.3) is 0 Å². The predicted molar refractivity (Wildman–Crippen MR) is 111 cm³/mol. The van der Waals surface area contributed by atoms with Crippen molar-refractivity contribution in [2.24, 2.45) is 0 Å². The number of benzene rings is 2. The van der Waals surface area contributed by atoms with E-state index in [1.807, 2.05) is 0 Å². The van der Waals surface area contributed by atoms with Crippen LogP contribution in [0, 0.1) is 0 Å². The van der Waals surface area contributed by atoms with Gasteiger partial charge in [-0.15, -0.1) is 0 Å². The molecule has 1 aromatic heterocycles. The van der Waals surface area contributed by atoms with E-state index in [-0.39, 0.29) is 34.6 Å². The summed E-state index contributed by atoms with van der Waals surface area (Å²) in [5.41, 5.74) is -2.58. The van der Waals surface area contributed by atoms with Crippen LogP contribution in [0.5, 0.6) is 23.0 Å². The van der Waals surface area contributed by atoms with Crippen molar-refractivity contribution in [1.82, 2.24) is 0 Å². The van der Waals surface area contributed by atoms with Gasteiger partial charge in [0.05, 0.1) is 12.7 Å². The molecule has 170 valence electrons. The summed E-state index contributed by atoms with van der Waals surface area (Å²) in [5, 5.41) is 60.0. The zero-order valence-electron chi connectivity index (χ0n) is 16.9. The lowest BCUT2D eigenvalue weighted by Crippen LogP contribution is -2.60. The van der Waals surface area contributed by atoms with Crippen LogP contribution in [0.25, 0.3) is 22.3 Å². The second kappa shape index (κ2) is 7.99. The van der Waals surface area contributed by atoms with Crippen molar-refractivity contribution in [3.63, 3.8) is 0 Å². The Bertz CT molecular complexity index is 1200. The van der Waals surface area contributed by atoms with Gasteiger partial charge in [-0.2, -0.15) is 0 Å². The number of hydrogen-bond donors (Lipinski definition) is 6. The maximum Gasteiger partial charge on any atom is 0.239 e. The summed E-state index contributed by atoms with van der Waals surface area (Å²) in [7, 11) is 0. The van der Waals surface area contributed by atoms with Crippen molar-refractivity contribution < 1.29 is 44.5 Å². The Hall–Kier alpha value is -3.31. The number of fused-ring (bicyclic) bond motifs is 1. The number of aliphatic hydroxyl groups excluding tert-OH is 2. The summed E-state index contributed by atoms with van der Waals surface area (Å²) < 4.78 is 17.0. The minimum atomic E-state index is -1.92. The number of hydrogen-bond acceptors (Lipinski definition) is 10. The molecule has 0 saturated carbocycles. The molecule has 4 atom stereocenters. The normalized spacial score (nSPS) is 25.7. The highest BCUT2D eigenvalue weighted by atomic mass is 16.7. The van der Waals surface area contributed by atoms with E-state index in [1.54, 1.807) is 6.92 Å². The molecule has 0 aliphatic carbocycles. The first-order valence-corrected chi connectivity index (χ1v) is 9.78. The zero-order valence-corrected chi connectivity index (χ0v) is 16.9. The van der Waals surface area contributed by atoms with Crippen molar-refractivity contribution in [2.45, 2.75) is 37.4 Å². The SMILES string of the molecule is CC1CC(O)(CO)C(O)C(Oc2c(-c3ccc(O)cc3)oc3cc(O)cc(O)c3c2=O)O1. The quantitative estimate of drug-likeness (QED) is 0.342. The predicted octanol–water partition coefficient (Wildman–Crippen LogP) is 1.17. The third kappa shape index (κ3) is 3.73. The monoisotopic (exact) mass is 446 g/mol. The maximum atomic E-state index is 13.3. The Labute approximate surface area is 181 Å². The molecular weight excluding hydrogens is 424 g/mol. The minimum absolute atomic E-state index is 0.0393. The van der Waals surface area contributed by atoms with Crippen molar-refractivity contribution in [3.8, 4) is 34.3 Å². The molecule has 0 radical (unpaired) electrons. The third-order valence-electron chi connectivity index (χ3n) is 5.37. The number of phenols is 3. The van der Waals surface area contributed by atoms with Gasteiger partial charge in [-0.05, 0) is 31.2 Å². The van der Waals surface area contributed by atoms with Gasteiger partial charge in [0.2, 0.25) is 17.5 Å². The fourth-order valence-electron chi connectivity index (χ4n) is 3.77. The van der Waals surface area contributed by atoms with E-state index < -0.39 is 47.6 Å². The number of phenolic OH excluding ortho intramolecular Hbond substituents is 3. The first-order valence-electron chi connectivity index (χ1n) is 9.78. The molecule has 10 nitrogen and oxygen atoms in total. The second-order valence-electron chi connectivity index (χ2n) is 7.82. The number of rotatable bonds is 4. The smallest absolute Gasteiger partial charge is 0.239 e. The molecule has 0 amide bonds. The molecule has 6 N–H and O–H groups in total. The van der Waals surface area contributed by atoms with E-state index in [9.17, 15) is 35.4 Å². The van der Waals surface area contributed by atoms with Gasteiger partial charge < -0.3 is 44.5 Å². The van der Waals surface area contributed by atoms with Crippen molar-refractivity contribution in [2.75, 3.05) is 6.61 Å². The van der Waals surface area contributed by atoms with Crippen LogP contribution in [0.2, 0.25) is 0 Å².